The van der Waals surface area contributed by atoms with Gasteiger partial charge >= 0.3 is 7.12 Å². The van der Waals surface area contributed by atoms with Crippen LogP contribution in [0, 0.1) is 0 Å². The van der Waals surface area contributed by atoms with Gasteiger partial charge < -0.3 is 35.4 Å². The van der Waals surface area contributed by atoms with Crippen LogP contribution in [0.15, 0.2) is 24.3 Å². The Bertz CT molecular complexity index is 553. The first-order valence-corrected chi connectivity index (χ1v) is 7.68. The number of ether oxygens (including phenoxy) is 1. The molecule has 1 aliphatic heterocycles. The van der Waals surface area contributed by atoms with Crippen LogP contribution in [0.2, 0.25) is 0 Å². The lowest BCUT2D eigenvalue weighted by molar-refractivity contribution is -0.194. The summed E-state index contributed by atoms with van der Waals surface area (Å²) in [4.78, 5) is 11.4. The zero-order valence-electron chi connectivity index (χ0n) is 13.2. The highest BCUT2D eigenvalue weighted by Gasteiger charge is 2.44. The predicted molar refractivity (Wildman–Crippen MR) is 85.3 cm³/mol. The highest BCUT2D eigenvalue weighted by molar-refractivity contribution is 6.58. The lowest BCUT2D eigenvalue weighted by Crippen LogP contribution is -2.64. The first-order chi connectivity index (χ1) is 11.3. The molecule has 9 heteroatoms. The molecule has 0 radical (unpaired) electrons. The van der Waals surface area contributed by atoms with Crippen LogP contribution in [-0.4, -0.2) is 75.5 Å². The first-order valence-electron chi connectivity index (χ1n) is 7.68. The van der Waals surface area contributed by atoms with Crippen molar-refractivity contribution in [2.45, 2.75) is 43.8 Å². The number of rotatable bonds is 5. The maximum Gasteiger partial charge on any atom is 0.488 e. The zero-order chi connectivity index (χ0) is 17.9. The van der Waals surface area contributed by atoms with E-state index in [1.165, 1.54) is 6.92 Å². The molecule has 1 heterocycles. The molecule has 24 heavy (non-hydrogen) atoms. The van der Waals surface area contributed by atoms with E-state index in [1.807, 2.05) is 0 Å². The molecule has 1 fully saturated rings. The Morgan fingerprint density at radius 3 is 2.29 bits per heavy atom. The summed E-state index contributed by atoms with van der Waals surface area (Å²) in [6.45, 7) is 0.836. The Hall–Kier alpha value is -1.49. The molecule has 0 saturated carbocycles. The molecule has 1 amide bonds. The van der Waals surface area contributed by atoms with Crippen molar-refractivity contribution in [1.82, 2.24) is 5.32 Å². The van der Waals surface area contributed by atoms with Gasteiger partial charge in [-0.2, -0.15) is 0 Å². The summed E-state index contributed by atoms with van der Waals surface area (Å²) in [5.41, 5.74) is 1.12. The normalized spacial score (nSPS) is 30.0. The van der Waals surface area contributed by atoms with E-state index in [2.05, 4.69) is 5.32 Å². The number of aliphatic hydroxyl groups is 3. The second-order valence-electron chi connectivity index (χ2n) is 5.92. The summed E-state index contributed by atoms with van der Waals surface area (Å²) in [6, 6.07) is 5.61. The van der Waals surface area contributed by atoms with Crippen LogP contribution < -0.4 is 10.8 Å². The van der Waals surface area contributed by atoms with Crippen LogP contribution in [0.3, 0.4) is 0 Å². The van der Waals surface area contributed by atoms with Gasteiger partial charge in [-0.3, -0.25) is 4.79 Å². The number of hydrogen-bond donors (Lipinski definition) is 6. The number of aliphatic hydroxyl groups excluding tert-OH is 3. The number of amides is 1. The topological polar surface area (TPSA) is 139 Å². The van der Waals surface area contributed by atoms with Crippen molar-refractivity contribution in [3.05, 3.63) is 29.8 Å². The Morgan fingerprint density at radius 2 is 1.79 bits per heavy atom. The maximum atomic E-state index is 11.4. The summed E-state index contributed by atoms with van der Waals surface area (Å²) in [5.74, 6) is -0.374. The fourth-order valence-electron chi connectivity index (χ4n) is 2.84. The molecule has 1 aliphatic rings. The van der Waals surface area contributed by atoms with E-state index in [9.17, 15) is 20.1 Å². The molecule has 8 nitrogen and oxygen atoms in total. The second-order valence-corrected chi connectivity index (χ2v) is 5.92. The van der Waals surface area contributed by atoms with Gasteiger partial charge in [0.15, 0.2) is 0 Å². The Balaban J connectivity index is 2.17. The molecule has 2 rings (SSSR count). The molecule has 0 spiro atoms. The van der Waals surface area contributed by atoms with E-state index in [-0.39, 0.29) is 5.91 Å². The van der Waals surface area contributed by atoms with Gasteiger partial charge in [-0.05, 0) is 11.0 Å². The molecule has 2 unspecified atom stereocenters. The lowest BCUT2D eigenvalue weighted by atomic mass is 9.79. The second kappa shape index (κ2) is 8.06. The van der Waals surface area contributed by atoms with Crippen LogP contribution in [-0.2, 0) is 16.0 Å². The van der Waals surface area contributed by atoms with Crippen LogP contribution in [0.1, 0.15) is 12.5 Å². The molecule has 1 aromatic carbocycles. The number of benzene rings is 1. The van der Waals surface area contributed by atoms with E-state index in [1.54, 1.807) is 24.3 Å². The molecule has 6 N–H and O–H groups in total. The van der Waals surface area contributed by atoms with E-state index in [4.69, 9.17) is 14.8 Å². The van der Waals surface area contributed by atoms with Gasteiger partial charge in [0.25, 0.3) is 0 Å². The standard InChI is InChI=1S/C15H22BNO7/c1-8(19)17-13-11(24-12(7-18)14(20)15(13)21)6-9-2-4-10(5-3-9)16(22)23/h2-5,11-15,18,20-23H,6-7H2,1H3,(H,17,19)/t11-,12?,13?,14+,15+/m0/s1. The highest BCUT2D eigenvalue weighted by atomic mass is 16.5. The predicted octanol–water partition coefficient (Wildman–Crippen LogP) is -3.10. The molecule has 0 aromatic heterocycles. The minimum Gasteiger partial charge on any atom is -0.423 e. The average molecular weight is 339 g/mol. The van der Waals surface area contributed by atoms with Gasteiger partial charge in [0.2, 0.25) is 5.91 Å². The van der Waals surface area contributed by atoms with Gasteiger partial charge in [0, 0.05) is 13.3 Å². The van der Waals surface area contributed by atoms with Crippen molar-refractivity contribution < 1.29 is 34.9 Å². The molecular formula is C15H22BNO7. The monoisotopic (exact) mass is 339 g/mol. The van der Waals surface area contributed by atoms with Crippen LogP contribution >= 0.6 is 0 Å². The van der Waals surface area contributed by atoms with E-state index < -0.39 is 44.2 Å². The lowest BCUT2D eigenvalue weighted by Gasteiger charge is -2.42. The van der Waals surface area contributed by atoms with Crippen molar-refractivity contribution in [3.63, 3.8) is 0 Å². The van der Waals surface area contributed by atoms with Crippen molar-refractivity contribution >= 4 is 18.5 Å². The van der Waals surface area contributed by atoms with Crippen LogP contribution in [0.4, 0.5) is 0 Å². The fraction of sp³-hybridized carbons (Fsp3) is 0.533. The summed E-state index contributed by atoms with van der Waals surface area (Å²) < 4.78 is 5.64. The molecule has 1 aromatic rings. The SMILES string of the molecule is CC(=O)NC1[C@H](Cc2ccc(B(O)O)cc2)OC(CO)[C@@H](O)[C@@H]1O. The van der Waals surface area contributed by atoms with E-state index >= 15 is 0 Å². The molecule has 0 bridgehead atoms. The Kier molecular flexibility index (Phi) is 6.33. The summed E-state index contributed by atoms with van der Waals surface area (Å²) >= 11 is 0. The quantitative estimate of drug-likeness (QED) is 0.312. The van der Waals surface area contributed by atoms with Crippen molar-refractivity contribution in [1.29, 1.82) is 0 Å². The van der Waals surface area contributed by atoms with Crippen molar-refractivity contribution in [3.8, 4) is 0 Å². The third kappa shape index (κ3) is 4.32. The van der Waals surface area contributed by atoms with Gasteiger partial charge in [-0.25, -0.2) is 0 Å². The number of nitrogens with one attached hydrogen (secondary N) is 1. The number of carbonyl (C=O) groups excluding carboxylic acids is 1. The third-order valence-electron chi connectivity index (χ3n) is 4.11. The van der Waals surface area contributed by atoms with Gasteiger partial charge in [-0.15, -0.1) is 0 Å². The maximum absolute atomic E-state index is 11.4. The van der Waals surface area contributed by atoms with Crippen LogP contribution in [0.5, 0.6) is 0 Å². The van der Waals surface area contributed by atoms with Crippen LogP contribution in [0.25, 0.3) is 0 Å². The van der Waals surface area contributed by atoms with E-state index in [0.717, 1.165) is 5.56 Å². The highest BCUT2D eigenvalue weighted by Crippen LogP contribution is 2.24. The number of carbonyl (C=O) groups is 1. The largest absolute Gasteiger partial charge is 0.488 e. The minimum absolute atomic E-state index is 0.299. The van der Waals surface area contributed by atoms with Gasteiger partial charge in [0.1, 0.15) is 18.3 Å². The van der Waals surface area contributed by atoms with Crippen molar-refractivity contribution in [2.75, 3.05) is 6.61 Å². The zero-order valence-corrected chi connectivity index (χ0v) is 13.2. The molecule has 0 aliphatic carbocycles. The summed E-state index contributed by atoms with van der Waals surface area (Å²) in [5, 5.41) is 50.3. The molecule has 1 saturated heterocycles. The van der Waals surface area contributed by atoms with E-state index in [0.29, 0.717) is 11.9 Å². The Labute approximate surface area is 139 Å². The smallest absolute Gasteiger partial charge is 0.423 e. The molecular weight excluding hydrogens is 317 g/mol. The average Bonchev–Trinajstić information content (AvgIpc) is 2.54. The van der Waals surface area contributed by atoms with Gasteiger partial charge in [0.05, 0.1) is 18.8 Å². The third-order valence-corrected chi connectivity index (χ3v) is 4.11. The van der Waals surface area contributed by atoms with Gasteiger partial charge in [-0.1, -0.05) is 24.3 Å². The van der Waals surface area contributed by atoms with Crippen molar-refractivity contribution in [2.24, 2.45) is 0 Å². The fourth-order valence-corrected chi connectivity index (χ4v) is 2.84. The first kappa shape index (κ1) is 18.8. The number of hydrogen-bond acceptors (Lipinski definition) is 7. The summed E-state index contributed by atoms with van der Waals surface area (Å²) in [7, 11) is -1.56. The summed E-state index contributed by atoms with van der Waals surface area (Å²) in [6.07, 6.45) is -3.89. The molecule has 132 valence electrons. The minimum atomic E-state index is -1.56. The molecule has 5 atom stereocenters. The Morgan fingerprint density at radius 1 is 1.17 bits per heavy atom.